The van der Waals surface area contributed by atoms with Crippen molar-refractivity contribution in [1.82, 2.24) is 19.8 Å². The summed E-state index contributed by atoms with van der Waals surface area (Å²) in [5.41, 5.74) is 3.40. The van der Waals surface area contributed by atoms with E-state index in [1.165, 1.54) is 11.1 Å². The number of H-pyrrole nitrogens is 1. The highest BCUT2D eigenvalue weighted by Crippen LogP contribution is 2.29. The number of amides is 1. The van der Waals surface area contributed by atoms with Crippen molar-refractivity contribution in [3.63, 3.8) is 0 Å². The molecule has 25 heavy (non-hydrogen) atoms. The second-order valence-electron chi connectivity index (χ2n) is 6.91. The largest absolute Gasteiger partial charge is 0.380 e. The fourth-order valence-electron chi connectivity index (χ4n) is 3.96. The molecule has 2 aromatic rings. The molecule has 132 valence electrons. The average molecular weight is 340 g/mol. The zero-order valence-corrected chi connectivity index (χ0v) is 14.7. The number of carbonyl (C=O) groups excluding carboxylic acids is 1. The molecule has 1 amide bonds. The minimum absolute atomic E-state index is 0.0582. The van der Waals surface area contributed by atoms with Crippen LogP contribution in [0.3, 0.4) is 0 Å². The Hall–Kier alpha value is -2.18. The number of aromatic amines is 1. The molecule has 0 saturated carbocycles. The van der Waals surface area contributed by atoms with Gasteiger partial charge in [0.2, 0.25) is 5.91 Å². The van der Waals surface area contributed by atoms with Gasteiger partial charge in [-0.05, 0) is 37.6 Å². The number of aromatic nitrogens is 2. The zero-order valence-electron chi connectivity index (χ0n) is 14.7. The maximum Gasteiger partial charge on any atom is 0.240 e. The first-order chi connectivity index (χ1) is 12.2. The van der Waals surface area contributed by atoms with E-state index in [1.54, 1.807) is 13.3 Å². The van der Waals surface area contributed by atoms with Gasteiger partial charge in [0.25, 0.3) is 0 Å². The van der Waals surface area contributed by atoms with Crippen molar-refractivity contribution in [3.8, 4) is 0 Å². The third-order valence-electron chi connectivity index (χ3n) is 5.45. The van der Waals surface area contributed by atoms with Crippen molar-refractivity contribution < 1.29 is 9.53 Å². The van der Waals surface area contributed by atoms with Crippen molar-refractivity contribution in [1.29, 1.82) is 0 Å². The van der Waals surface area contributed by atoms with Gasteiger partial charge in [-0.15, -0.1) is 0 Å². The molecule has 0 unspecified atom stereocenters. The predicted molar refractivity (Wildman–Crippen MR) is 97.1 cm³/mol. The number of pyridine rings is 1. The molecule has 4 rings (SSSR count). The van der Waals surface area contributed by atoms with Gasteiger partial charge >= 0.3 is 0 Å². The number of hydrogen-bond donors (Lipinski definition) is 1. The molecule has 2 aliphatic rings. The molecule has 2 aromatic heterocycles. The molecule has 1 N–H and O–H groups in total. The van der Waals surface area contributed by atoms with Gasteiger partial charge in [0.15, 0.2) is 0 Å². The molecule has 1 saturated heterocycles. The molecular formula is C19H24N4O2. The van der Waals surface area contributed by atoms with Crippen molar-refractivity contribution in [2.45, 2.75) is 25.0 Å². The number of rotatable bonds is 3. The number of likely N-dealkylation sites (N-methyl/N-ethyl adjacent to an activating group) is 1. The quantitative estimate of drug-likeness (QED) is 0.927. The van der Waals surface area contributed by atoms with Crippen molar-refractivity contribution in [2.24, 2.45) is 0 Å². The Morgan fingerprint density at radius 2 is 2.32 bits per heavy atom. The van der Waals surface area contributed by atoms with Gasteiger partial charge < -0.3 is 14.6 Å². The van der Waals surface area contributed by atoms with Crippen LogP contribution in [0, 0.1) is 0 Å². The number of nitrogens with zero attached hydrogens (tertiary/aromatic N) is 3. The van der Waals surface area contributed by atoms with Crippen molar-refractivity contribution in [2.75, 3.05) is 33.8 Å². The molecule has 2 aliphatic heterocycles. The molecule has 0 bridgehead atoms. The summed E-state index contributed by atoms with van der Waals surface area (Å²) in [7, 11) is 3.73. The molecule has 2 atom stereocenters. The third kappa shape index (κ3) is 2.96. The normalized spacial score (nSPS) is 24.7. The second kappa shape index (κ2) is 6.61. The summed E-state index contributed by atoms with van der Waals surface area (Å²) in [4.78, 5) is 24.5. The Kier molecular flexibility index (Phi) is 4.31. The van der Waals surface area contributed by atoms with Crippen molar-refractivity contribution in [3.05, 3.63) is 36.2 Å². The van der Waals surface area contributed by atoms with Crippen LogP contribution in [-0.2, 0) is 9.53 Å². The first-order valence-corrected chi connectivity index (χ1v) is 8.80. The van der Waals surface area contributed by atoms with E-state index >= 15 is 0 Å². The summed E-state index contributed by atoms with van der Waals surface area (Å²) >= 11 is 0. The van der Waals surface area contributed by atoms with E-state index in [1.807, 2.05) is 24.2 Å². The van der Waals surface area contributed by atoms with Gasteiger partial charge in [0.1, 0.15) is 5.65 Å². The summed E-state index contributed by atoms with van der Waals surface area (Å²) in [6, 6.07) is 3.99. The Morgan fingerprint density at radius 1 is 1.44 bits per heavy atom. The lowest BCUT2D eigenvalue weighted by molar-refractivity contribution is -0.135. The highest BCUT2D eigenvalue weighted by molar-refractivity contribution is 5.91. The van der Waals surface area contributed by atoms with E-state index in [0.717, 1.165) is 37.0 Å². The lowest BCUT2D eigenvalue weighted by atomic mass is 9.99. The molecule has 4 heterocycles. The molecule has 0 aliphatic carbocycles. The van der Waals surface area contributed by atoms with E-state index in [2.05, 4.69) is 27.0 Å². The molecule has 0 aromatic carbocycles. The van der Waals surface area contributed by atoms with Crippen LogP contribution in [0.15, 0.2) is 30.6 Å². The standard InChI is InChI=1S/C19H24N4O2/c1-22-12-14(25-2)10-17(22)19(24)23-8-5-13(6-9-23)16-11-21-18-15(16)4-3-7-20-18/h3-5,7,11,14,17H,6,8-10,12H2,1-2H3,(H,20,21)/t14-,17-/m0/s1. The van der Waals surface area contributed by atoms with Gasteiger partial charge in [-0.2, -0.15) is 0 Å². The monoisotopic (exact) mass is 340 g/mol. The first-order valence-electron chi connectivity index (χ1n) is 8.80. The minimum Gasteiger partial charge on any atom is -0.380 e. The van der Waals surface area contributed by atoms with E-state index in [4.69, 9.17) is 4.74 Å². The third-order valence-corrected chi connectivity index (χ3v) is 5.45. The van der Waals surface area contributed by atoms with E-state index in [0.29, 0.717) is 6.54 Å². The molecular weight excluding hydrogens is 316 g/mol. The smallest absolute Gasteiger partial charge is 0.240 e. The van der Waals surface area contributed by atoms with Crippen LogP contribution >= 0.6 is 0 Å². The number of nitrogens with one attached hydrogen (secondary N) is 1. The number of hydrogen-bond acceptors (Lipinski definition) is 4. The molecule has 1 fully saturated rings. The summed E-state index contributed by atoms with van der Waals surface area (Å²) in [5, 5.41) is 1.15. The van der Waals surface area contributed by atoms with Gasteiger partial charge in [-0.1, -0.05) is 6.08 Å². The summed E-state index contributed by atoms with van der Waals surface area (Å²) in [6.07, 6.45) is 7.82. The van der Waals surface area contributed by atoms with Crippen LogP contribution in [-0.4, -0.2) is 71.6 Å². The van der Waals surface area contributed by atoms with Crippen LogP contribution in [0.2, 0.25) is 0 Å². The summed E-state index contributed by atoms with van der Waals surface area (Å²) in [6.45, 7) is 2.26. The number of fused-ring (bicyclic) bond motifs is 1. The highest BCUT2D eigenvalue weighted by Gasteiger charge is 2.37. The number of carbonyl (C=O) groups is 1. The van der Waals surface area contributed by atoms with Crippen LogP contribution < -0.4 is 0 Å². The number of ether oxygens (including phenoxy) is 1. The zero-order chi connectivity index (χ0) is 17.4. The maximum absolute atomic E-state index is 12.9. The van der Waals surface area contributed by atoms with Gasteiger partial charge in [0, 0.05) is 50.1 Å². The van der Waals surface area contributed by atoms with Crippen LogP contribution in [0.5, 0.6) is 0 Å². The fraction of sp³-hybridized carbons (Fsp3) is 0.474. The van der Waals surface area contributed by atoms with E-state index < -0.39 is 0 Å². The average Bonchev–Trinajstić information content (AvgIpc) is 3.24. The Bertz CT molecular complexity index is 813. The van der Waals surface area contributed by atoms with Crippen LogP contribution in [0.4, 0.5) is 0 Å². The lowest BCUT2D eigenvalue weighted by Gasteiger charge is -2.30. The predicted octanol–water partition coefficient (Wildman–Crippen LogP) is 1.90. The maximum atomic E-state index is 12.9. The second-order valence-corrected chi connectivity index (χ2v) is 6.91. The topological polar surface area (TPSA) is 61.5 Å². The van der Waals surface area contributed by atoms with E-state index in [9.17, 15) is 4.79 Å². The number of likely N-dealkylation sites (tertiary alicyclic amines) is 1. The summed E-state index contributed by atoms with van der Waals surface area (Å²) in [5.74, 6) is 0.220. The van der Waals surface area contributed by atoms with E-state index in [-0.39, 0.29) is 18.1 Å². The number of methoxy groups -OCH3 is 1. The van der Waals surface area contributed by atoms with Gasteiger partial charge in [-0.25, -0.2) is 4.98 Å². The van der Waals surface area contributed by atoms with Gasteiger partial charge in [0.05, 0.1) is 12.1 Å². The molecule has 0 radical (unpaired) electrons. The molecule has 6 heteroatoms. The van der Waals surface area contributed by atoms with Crippen LogP contribution in [0.1, 0.15) is 18.4 Å². The molecule has 6 nitrogen and oxygen atoms in total. The first kappa shape index (κ1) is 16.3. The SMILES string of the molecule is CO[C@H]1C[C@@H](C(=O)N2CC=C(c3c[nH]c4ncccc34)CC2)N(C)C1. The Labute approximate surface area is 147 Å². The van der Waals surface area contributed by atoms with Gasteiger partial charge in [-0.3, -0.25) is 9.69 Å². The Balaban J connectivity index is 1.48. The molecule has 0 spiro atoms. The lowest BCUT2D eigenvalue weighted by Crippen LogP contribution is -2.45. The highest BCUT2D eigenvalue weighted by atomic mass is 16.5. The minimum atomic E-state index is -0.0582. The van der Waals surface area contributed by atoms with Crippen molar-refractivity contribution >= 4 is 22.5 Å². The fourth-order valence-corrected chi connectivity index (χ4v) is 3.96. The van der Waals surface area contributed by atoms with Crippen LogP contribution in [0.25, 0.3) is 16.6 Å². The summed E-state index contributed by atoms with van der Waals surface area (Å²) < 4.78 is 5.42. The Morgan fingerprint density at radius 3 is 3.04 bits per heavy atom.